The molecule has 0 amide bonds. The summed E-state index contributed by atoms with van der Waals surface area (Å²) in [4.78, 5) is 8.63. The zero-order valence-electron chi connectivity index (χ0n) is 11.3. The van der Waals surface area contributed by atoms with E-state index in [1.807, 2.05) is 30.5 Å². The molecule has 0 radical (unpaired) electrons. The second-order valence-electron chi connectivity index (χ2n) is 4.71. The predicted octanol–water partition coefficient (Wildman–Crippen LogP) is 3.28. The maximum absolute atomic E-state index is 9.18. The van der Waals surface area contributed by atoms with Crippen LogP contribution < -0.4 is 0 Å². The van der Waals surface area contributed by atoms with Gasteiger partial charge in [-0.15, -0.1) is 11.6 Å². The van der Waals surface area contributed by atoms with Crippen LogP contribution in [0, 0.1) is 11.3 Å². The third-order valence-corrected chi connectivity index (χ3v) is 3.68. The van der Waals surface area contributed by atoms with Gasteiger partial charge < -0.3 is 4.57 Å². The Morgan fingerprint density at radius 1 is 1.24 bits per heavy atom. The van der Waals surface area contributed by atoms with Crippen molar-refractivity contribution in [2.75, 3.05) is 0 Å². The van der Waals surface area contributed by atoms with E-state index in [0.717, 1.165) is 35.4 Å². The van der Waals surface area contributed by atoms with Crippen LogP contribution in [0.15, 0.2) is 42.7 Å². The number of nitrogens with zero attached hydrogens (tertiary/aromatic N) is 4. The lowest BCUT2D eigenvalue weighted by atomic mass is 10.2. The Labute approximate surface area is 127 Å². The maximum Gasteiger partial charge on any atom is 0.124 e. The Kier molecular flexibility index (Phi) is 3.85. The third-order valence-electron chi connectivity index (χ3n) is 3.44. The molecular formula is C16H13ClN4. The number of hydrogen-bond acceptors (Lipinski definition) is 3. The molecule has 0 aliphatic rings. The number of pyridine rings is 1. The fourth-order valence-electron chi connectivity index (χ4n) is 2.42. The average molecular weight is 297 g/mol. The Balaban J connectivity index is 1.99. The Morgan fingerprint density at radius 3 is 2.86 bits per heavy atom. The summed E-state index contributed by atoms with van der Waals surface area (Å²) in [6, 6.07) is 11.8. The van der Waals surface area contributed by atoms with E-state index >= 15 is 0 Å². The minimum atomic E-state index is 0.326. The quantitative estimate of drug-likeness (QED) is 0.694. The molecule has 3 rings (SSSR count). The minimum Gasteiger partial charge on any atom is -0.327 e. The summed E-state index contributed by atoms with van der Waals surface area (Å²) < 4.78 is 2.08. The molecule has 21 heavy (non-hydrogen) atoms. The summed E-state index contributed by atoms with van der Waals surface area (Å²) in [6.07, 6.45) is 4.47. The lowest BCUT2D eigenvalue weighted by molar-refractivity contribution is 0.686. The Morgan fingerprint density at radius 2 is 2.14 bits per heavy atom. The van der Waals surface area contributed by atoms with Gasteiger partial charge in [0.15, 0.2) is 0 Å². The van der Waals surface area contributed by atoms with Crippen molar-refractivity contribution >= 4 is 22.6 Å². The SMILES string of the molecule is N#Cc1cccc2c1nc(CCl)n2CCc1cccnc1. The van der Waals surface area contributed by atoms with Gasteiger partial charge >= 0.3 is 0 Å². The van der Waals surface area contributed by atoms with Crippen LogP contribution in [0.25, 0.3) is 11.0 Å². The van der Waals surface area contributed by atoms with E-state index in [1.165, 1.54) is 0 Å². The molecule has 2 aromatic heterocycles. The van der Waals surface area contributed by atoms with Crippen LogP contribution in [0.3, 0.4) is 0 Å². The van der Waals surface area contributed by atoms with Crippen LogP contribution in [0.5, 0.6) is 0 Å². The molecule has 0 atom stereocenters. The van der Waals surface area contributed by atoms with Crippen molar-refractivity contribution < 1.29 is 0 Å². The molecule has 0 saturated heterocycles. The van der Waals surface area contributed by atoms with Gasteiger partial charge in [-0.3, -0.25) is 4.98 Å². The van der Waals surface area contributed by atoms with Gasteiger partial charge in [0.25, 0.3) is 0 Å². The summed E-state index contributed by atoms with van der Waals surface area (Å²) >= 11 is 6.00. The van der Waals surface area contributed by atoms with Crippen LogP contribution >= 0.6 is 11.6 Å². The topological polar surface area (TPSA) is 54.5 Å². The van der Waals surface area contributed by atoms with Crippen LogP contribution in [0.4, 0.5) is 0 Å². The lowest BCUT2D eigenvalue weighted by Crippen LogP contribution is -2.05. The highest BCUT2D eigenvalue weighted by molar-refractivity contribution is 6.16. The molecule has 1 aromatic carbocycles. The first-order valence-electron chi connectivity index (χ1n) is 6.66. The minimum absolute atomic E-state index is 0.326. The second-order valence-corrected chi connectivity index (χ2v) is 4.98. The van der Waals surface area contributed by atoms with E-state index < -0.39 is 0 Å². The Bertz CT molecular complexity index is 802. The molecule has 0 spiro atoms. The Hall–Kier alpha value is -2.38. The van der Waals surface area contributed by atoms with Crippen molar-refractivity contribution in [3.8, 4) is 6.07 Å². The van der Waals surface area contributed by atoms with E-state index in [-0.39, 0.29) is 0 Å². The van der Waals surface area contributed by atoms with Gasteiger partial charge in [-0.25, -0.2) is 4.98 Å². The van der Waals surface area contributed by atoms with Crippen molar-refractivity contribution in [1.29, 1.82) is 5.26 Å². The van der Waals surface area contributed by atoms with Gasteiger partial charge in [0, 0.05) is 18.9 Å². The fraction of sp³-hybridized carbons (Fsp3) is 0.188. The van der Waals surface area contributed by atoms with Crippen LogP contribution in [0.2, 0.25) is 0 Å². The zero-order chi connectivity index (χ0) is 14.7. The smallest absolute Gasteiger partial charge is 0.124 e. The third kappa shape index (κ3) is 2.61. The van der Waals surface area contributed by atoms with Crippen molar-refractivity contribution in [2.24, 2.45) is 0 Å². The number of rotatable bonds is 4. The maximum atomic E-state index is 9.18. The number of nitriles is 1. The monoisotopic (exact) mass is 296 g/mol. The first kappa shape index (κ1) is 13.6. The molecule has 0 bridgehead atoms. The van der Waals surface area contributed by atoms with E-state index in [9.17, 15) is 5.26 Å². The summed E-state index contributed by atoms with van der Waals surface area (Å²) in [5, 5.41) is 9.18. The summed E-state index contributed by atoms with van der Waals surface area (Å²) in [5.74, 6) is 1.12. The fourth-order valence-corrected chi connectivity index (χ4v) is 2.63. The number of alkyl halides is 1. The molecule has 0 saturated carbocycles. The van der Waals surface area contributed by atoms with Gasteiger partial charge in [0.05, 0.1) is 17.0 Å². The molecule has 0 fully saturated rings. The molecule has 2 heterocycles. The molecule has 104 valence electrons. The first-order valence-corrected chi connectivity index (χ1v) is 7.20. The van der Waals surface area contributed by atoms with Crippen LogP contribution in [-0.4, -0.2) is 14.5 Å². The average Bonchev–Trinajstić information content (AvgIpc) is 2.91. The number of halogens is 1. The molecule has 0 unspecified atom stereocenters. The summed E-state index contributed by atoms with van der Waals surface area (Å²) in [7, 11) is 0. The number of aromatic nitrogens is 3. The van der Waals surface area contributed by atoms with Crippen LogP contribution in [0.1, 0.15) is 17.0 Å². The van der Waals surface area contributed by atoms with Crippen molar-refractivity contribution in [2.45, 2.75) is 18.8 Å². The molecular weight excluding hydrogens is 284 g/mol. The number of imidazole rings is 1. The predicted molar refractivity (Wildman–Crippen MR) is 81.9 cm³/mol. The second kappa shape index (κ2) is 5.94. The van der Waals surface area contributed by atoms with Gasteiger partial charge in [0.1, 0.15) is 17.4 Å². The van der Waals surface area contributed by atoms with Gasteiger partial charge in [-0.05, 0) is 30.2 Å². The number of benzene rings is 1. The first-order chi connectivity index (χ1) is 10.3. The largest absolute Gasteiger partial charge is 0.327 e. The van der Waals surface area contributed by atoms with E-state index in [2.05, 4.69) is 20.6 Å². The van der Waals surface area contributed by atoms with Gasteiger partial charge in [-0.1, -0.05) is 12.1 Å². The van der Waals surface area contributed by atoms with Crippen LogP contribution in [-0.2, 0) is 18.8 Å². The highest BCUT2D eigenvalue weighted by Crippen LogP contribution is 2.21. The molecule has 0 aliphatic heterocycles. The van der Waals surface area contributed by atoms with E-state index in [0.29, 0.717) is 11.4 Å². The number of aryl methyl sites for hydroxylation is 2. The highest BCUT2D eigenvalue weighted by Gasteiger charge is 2.12. The zero-order valence-corrected chi connectivity index (χ0v) is 12.1. The number of para-hydroxylation sites is 1. The molecule has 5 heteroatoms. The molecule has 0 N–H and O–H groups in total. The summed E-state index contributed by atoms with van der Waals surface area (Å²) in [6.45, 7) is 0.763. The molecule has 0 aliphatic carbocycles. The van der Waals surface area contributed by atoms with Crippen molar-refractivity contribution in [3.05, 3.63) is 59.7 Å². The van der Waals surface area contributed by atoms with Crippen molar-refractivity contribution in [1.82, 2.24) is 14.5 Å². The van der Waals surface area contributed by atoms with E-state index in [1.54, 1.807) is 12.3 Å². The molecule has 3 aromatic rings. The summed E-state index contributed by atoms with van der Waals surface area (Å²) in [5.41, 5.74) is 3.42. The van der Waals surface area contributed by atoms with Gasteiger partial charge in [0.2, 0.25) is 0 Å². The normalized spacial score (nSPS) is 10.7. The lowest BCUT2D eigenvalue weighted by Gasteiger charge is -2.07. The molecule has 4 nitrogen and oxygen atoms in total. The number of fused-ring (bicyclic) bond motifs is 1. The standard InChI is InChI=1S/C16H13ClN4/c17-9-15-20-16-13(10-18)4-1-5-14(16)21(15)8-6-12-3-2-7-19-11-12/h1-5,7,11H,6,8-9H2. The van der Waals surface area contributed by atoms with E-state index in [4.69, 9.17) is 11.6 Å². The van der Waals surface area contributed by atoms with Crippen molar-refractivity contribution in [3.63, 3.8) is 0 Å². The highest BCUT2D eigenvalue weighted by atomic mass is 35.5. The van der Waals surface area contributed by atoms with Gasteiger partial charge in [-0.2, -0.15) is 5.26 Å². The number of hydrogen-bond donors (Lipinski definition) is 0.